The Bertz CT molecular complexity index is 3250. The summed E-state index contributed by atoms with van der Waals surface area (Å²) in [4.78, 5) is 36.7. The third kappa shape index (κ3) is 8.30. The van der Waals surface area contributed by atoms with Crippen molar-refractivity contribution < 1.29 is 38.4 Å². The van der Waals surface area contributed by atoms with Crippen LogP contribution in [0.1, 0.15) is 22.3 Å². The van der Waals surface area contributed by atoms with Crippen molar-refractivity contribution in [2.45, 2.75) is 27.7 Å². The van der Waals surface area contributed by atoms with Crippen LogP contribution in [0.2, 0.25) is 0 Å². The molecule has 4 N–H and O–H groups in total. The van der Waals surface area contributed by atoms with E-state index >= 15 is 0 Å². The Morgan fingerprint density at radius 2 is 0.902 bits per heavy atom. The lowest BCUT2D eigenvalue weighted by atomic mass is 10.0. The summed E-state index contributed by atoms with van der Waals surface area (Å²) in [5, 5.41) is 41.0. The molecule has 11 nitrogen and oxygen atoms in total. The van der Waals surface area contributed by atoms with Gasteiger partial charge in [0.2, 0.25) is 33.5 Å². The summed E-state index contributed by atoms with van der Waals surface area (Å²) in [5.41, 5.74) is 5.34. The summed E-state index contributed by atoms with van der Waals surface area (Å²) in [5.74, 6) is -0.280. The van der Waals surface area contributed by atoms with Crippen LogP contribution in [0.3, 0.4) is 0 Å². The van der Waals surface area contributed by atoms with Gasteiger partial charge in [-0.05, 0) is 99.0 Å². The summed E-state index contributed by atoms with van der Waals surface area (Å²) in [6.45, 7) is 7.55. The fourth-order valence-corrected chi connectivity index (χ4v) is 6.86. The monoisotopic (exact) mass is 816 g/mol. The van der Waals surface area contributed by atoms with Gasteiger partial charge in [0.15, 0.2) is 17.3 Å². The molecule has 0 atom stereocenters. The van der Waals surface area contributed by atoms with E-state index in [1.807, 2.05) is 75.4 Å². The van der Waals surface area contributed by atoms with Gasteiger partial charge < -0.3 is 38.4 Å². The summed E-state index contributed by atoms with van der Waals surface area (Å²) >= 11 is 0. The number of phenols is 1. The van der Waals surface area contributed by atoms with Crippen molar-refractivity contribution in [1.82, 2.24) is 0 Å². The summed E-state index contributed by atoms with van der Waals surface area (Å²) in [7, 11) is 1.55. The predicted molar refractivity (Wildman–Crippen MR) is 236 cm³/mol. The highest BCUT2D eigenvalue weighted by molar-refractivity contribution is 5.88. The molecule has 0 radical (unpaired) electrons. The highest BCUT2D eigenvalue weighted by Crippen LogP contribution is 2.35. The Balaban J connectivity index is 0.000000139. The largest absolute Gasteiger partial charge is 0.507 e. The van der Waals surface area contributed by atoms with Crippen LogP contribution in [0.4, 0.5) is 0 Å². The van der Waals surface area contributed by atoms with Gasteiger partial charge in [0.25, 0.3) is 0 Å². The molecule has 0 unspecified atom stereocenters. The van der Waals surface area contributed by atoms with Crippen LogP contribution in [-0.2, 0) is 0 Å². The van der Waals surface area contributed by atoms with E-state index in [0.717, 1.165) is 22.3 Å². The molecule has 0 amide bonds. The number of methoxy groups -OCH3 is 1. The second-order valence-corrected chi connectivity index (χ2v) is 14.4. The first kappa shape index (κ1) is 41.1. The van der Waals surface area contributed by atoms with Crippen molar-refractivity contribution in [3.63, 3.8) is 0 Å². The number of phenolic OH excluding ortho intramolecular Hbond substituents is 1. The van der Waals surface area contributed by atoms with Crippen LogP contribution in [0.5, 0.6) is 28.7 Å². The van der Waals surface area contributed by atoms with Crippen molar-refractivity contribution in [2.75, 3.05) is 7.11 Å². The molecule has 3 heterocycles. The van der Waals surface area contributed by atoms with E-state index in [9.17, 15) is 34.8 Å². The van der Waals surface area contributed by atoms with Gasteiger partial charge in [0, 0.05) is 16.7 Å². The molecule has 3 aromatic heterocycles. The van der Waals surface area contributed by atoms with Gasteiger partial charge in [0.1, 0.15) is 33.6 Å². The average molecular weight is 817 g/mol. The standard InChI is InChI=1S/C18H16O3.C17H14O5.C15H10O3/c1-10-4-6-13(7-5-10)18-17(20)16(19)15-12(3)8-11(2)9-14(15)21-18;1-9-7-12(18)14-13(8-9)22-17(16(20)15(14)19)10-3-5-11(21-2)6-4-10;16-13-11-8-4-5-9-12(11)18-15(14(13)17)10-6-2-1-3-7-10/h4-9,20H,1-3H3;3-8,18,20H,1-2H3;1-9,17H. The minimum atomic E-state index is -0.662. The fourth-order valence-electron chi connectivity index (χ4n) is 6.86. The number of hydrogen-bond donors (Lipinski definition) is 4. The Hall–Kier alpha value is -8.05. The Morgan fingerprint density at radius 1 is 0.443 bits per heavy atom. The van der Waals surface area contributed by atoms with Crippen LogP contribution in [0.15, 0.2) is 155 Å². The van der Waals surface area contributed by atoms with E-state index in [4.69, 9.17) is 18.0 Å². The van der Waals surface area contributed by atoms with Crippen LogP contribution in [-0.4, -0.2) is 27.5 Å². The number of fused-ring (bicyclic) bond motifs is 3. The van der Waals surface area contributed by atoms with Crippen LogP contribution in [0, 0.1) is 27.7 Å². The van der Waals surface area contributed by atoms with Crippen LogP contribution in [0.25, 0.3) is 66.9 Å². The number of aromatic hydroxyl groups is 4. The van der Waals surface area contributed by atoms with E-state index < -0.39 is 16.6 Å². The molecule has 0 aliphatic carbocycles. The zero-order valence-electron chi connectivity index (χ0n) is 33.8. The molecular weight excluding hydrogens is 777 g/mol. The van der Waals surface area contributed by atoms with Gasteiger partial charge in [-0.3, -0.25) is 14.4 Å². The second-order valence-electron chi connectivity index (χ2n) is 14.4. The SMILES string of the molecule is COc1ccc(-c2oc3cc(C)cc(O)c3c(=O)c2O)cc1.Cc1ccc(-c2oc3cc(C)cc(C)c3c(=O)c2O)cc1.O=c1c(O)c(-c2ccccc2)oc2ccccc12. The molecule has 9 aromatic rings. The van der Waals surface area contributed by atoms with E-state index in [2.05, 4.69) is 0 Å². The molecule has 0 aliphatic heterocycles. The number of rotatable bonds is 4. The van der Waals surface area contributed by atoms with Crippen molar-refractivity contribution in [2.24, 2.45) is 0 Å². The highest BCUT2D eigenvalue weighted by atomic mass is 16.5. The smallest absolute Gasteiger partial charge is 0.238 e. The first-order chi connectivity index (χ1) is 29.2. The van der Waals surface area contributed by atoms with E-state index in [1.54, 1.807) is 80.8 Å². The number of hydrogen-bond acceptors (Lipinski definition) is 11. The van der Waals surface area contributed by atoms with E-state index in [1.165, 1.54) is 6.07 Å². The number of aryl methyl sites for hydroxylation is 4. The number of para-hydroxylation sites is 1. The molecule has 306 valence electrons. The van der Waals surface area contributed by atoms with Crippen molar-refractivity contribution in [3.05, 3.63) is 180 Å². The maximum absolute atomic E-state index is 12.4. The Kier molecular flexibility index (Phi) is 11.5. The normalized spacial score (nSPS) is 10.8. The first-order valence-electron chi connectivity index (χ1n) is 19.0. The molecule has 0 fully saturated rings. The van der Waals surface area contributed by atoms with Gasteiger partial charge in [-0.2, -0.15) is 0 Å². The summed E-state index contributed by atoms with van der Waals surface area (Å²) < 4.78 is 22.1. The van der Waals surface area contributed by atoms with Gasteiger partial charge >= 0.3 is 0 Å². The topological polar surface area (TPSA) is 181 Å². The summed E-state index contributed by atoms with van der Waals surface area (Å²) in [6.07, 6.45) is 0. The van der Waals surface area contributed by atoms with Crippen molar-refractivity contribution in [1.29, 1.82) is 0 Å². The molecule has 0 bridgehead atoms. The van der Waals surface area contributed by atoms with E-state index in [-0.39, 0.29) is 50.9 Å². The molecule has 0 saturated carbocycles. The average Bonchev–Trinajstić information content (AvgIpc) is 3.25. The zero-order chi connectivity index (χ0) is 43.5. The molecule has 61 heavy (non-hydrogen) atoms. The Labute approximate surface area is 348 Å². The predicted octanol–water partition coefficient (Wildman–Crippen LogP) is 10.4. The minimum Gasteiger partial charge on any atom is -0.507 e. The molecule has 0 spiro atoms. The van der Waals surface area contributed by atoms with Gasteiger partial charge in [-0.1, -0.05) is 78.4 Å². The zero-order valence-corrected chi connectivity index (χ0v) is 33.8. The van der Waals surface area contributed by atoms with Crippen LogP contribution < -0.4 is 21.0 Å². The fraction of sp³-hybridized carbons (Fsp3) is 0.100. The van der Waals surface area contributed by atoms with Crippen LogP contribution >= 0.6 is 0 Å². The third-order valence-corrected chi connectivity index (χ3v) is 9.88. The highest BCUT2D eigenvalue weighted by Gasteiger charge is 2.19. The summed E-state index contributed by atoms with van der Waals surface area (Å²) in [6, 6.07) is 37.0. The van der Waals surface area contributed by atoms with E-state index in [0.29, 0.717) is 44.4 Å². The maximum Gasteiger partial charge on any atom is 0.238 e. The van der Waals surface area contributed by atoms with Crippen molar-refractivity contribution in [3.8, 4) is 62.7 Å². The Morgan fingerprint density at radius 3 is 1.49 bits per heavy atom. The quantitative estimate of drug-likeness (QED) is 0.133. The molecule has 6 aromatic carbocycles. The second kappa shape index (κ2) is 17.0. The molecule has 11 heteroatoms. The minimum absolute atomic E-state index is 0.0274. The lowest BCUT2D eigenvalue weighted by Gasteiger charge is -2.08. The lowest BCUT2D eigenvalue weighted by Crippen LogP contribution is -2.04. The number of benzene rings is 6. The number of ether oxygens (including phenoxy) is 1. The molecule has 0 saturated heterocycles. The molecule has 0 aliphatic rings. The maximum atomic E-state index is 12.4. The first-order valence-corrected chi connectivity index (χ1v) is 19.0. The molecular formula is C50H40O11. The van der Waals surface area contributed by atoms with Crippen molar-refractivity contribution >= 4 is 32.9 Å². The van der Waals surface area contributed by atoms with Gasteiger partial charge in [-0.15, -0.1) is 0 Å². The lowest BCUT2D eigenvalue weighted by molar-refractivity contribution is 0.414. The van der Waals surface area contributed by atoms with Gasteiger partial charge in [0.05, 0.1) is 17.9 Å². The van der Waals surface area contributed by atoms with Gasteiger partial charge in [-0.25, -0.2) is 0 Å². The third-order valence-electron chi connectivity index (χ3n) is 9.88. The molecule has 9 rings (SSSR count).